The molecule has 1 N–H and O–H groups in total. The number of hydrogen-bond acceptors (Lipinski definition) is 5. The molecule has 0 bridgehead atoms. The Bertz CT molecular complexity index is 932. The van der Waals surface area contributed by atoms with Crippen LogP contribution in [0.4, 0.5) is 0 Å². The number of nitrogens with zero attached hydrogens (tertiary/aromatic N) is 1. The number of H-pyrrole nitrogens is 1. The van der Waals surface area contributed by atoms with Crippen LogP contribution in [-0.4, -0.2) is 50.3 Å². The van der Waals surface area contributed by atoms with Crippen molar-refractivity contribution >= 4 is 16.9 Å². The molecule has 0 unspecified atom stereocenters. The van der Waals surface area contributed by atoms with Crippen LogP contribution in [0.15, 0.2) is 30.0 Å². The first-order valence-electron chi connectivity index (χ1n) is 10.4. The van der Waals surface area contributed by atoms with Gasteiger partial charge in [-0.05, 0) is 42.4 Å². The lowest BCUT2D eigenvalue weighted by atomic mass is 9.74. The van der Waals surface area contributed by atoms with Crippen LogP contribution in [0.2, 0.25) is 0 Å². The number of aromatic amines is 1. The van der Waals surface area contributed by atoms with Crippen molar-refractivity contribution < 1.29 is 19.0 Å². The van der Waals surface area contributed by atoms with Crippen LogP contribution in [0.25, 0.3) is 10.9 Å². The minimum absolute atomic E-state index is 0.105. The van der Waals surface area contributed by atoms with E-state index in [0.717, 1.165) is 43.6 Å². The summed E-state index contributed by atoms with van der Waals surface area (Å²) in [4.78, 5) is 18.7. The summed E-state index contributed by atoms with van der Waals surface area (Å²) in [6, 6.07) is 6.40. The van der Waals surface area contributed by atoms with Gasteiger partial charge < -0.3 is 19.2 Å². The highest BCUT2D eigenvalue weighted by atomic mass is 16.5. The first kappa shape index (κ1) is 19.8. The number of hydrogen-bond donors (Lipinski definition) is 1. The fraction of sp³-hybridized carbons (Fsp3) is 0.522. The Labute approximate surface area is 171 Å². The molecule has 6 heteroatoms. The third-order valence-electron chi connectivity index (χ3n) is 6.67. The van der Waals surface area contributed by atoms with E-state index in [0.29, 0.717) is 11.5 Å². The molecule has 1 aromatic carbocycles. The predicted octanol–water partition coefficient (Wildman–Crippen LogP) is 3.83. The van der Waals surface area contributed by atoms with Crippen molar-refractivity contribution in [3.63, 3.8) is 0 Å². The van der Waals surface area contributed by atoms with Crippen LogP contribution in [0.3, 0.4) is 0 Å². The molecule has 3 atom stereocenters. The summed E-state index contributed by atoms with van der Waals surface area (Å²) in [6.45, 7) is 4.19. The molecule has 0 radical (unpaired) electrons. The molecule has 0 aliphatic carbocycles. The maximum atomic E-state index is 12.5. The predicted molar refractivity (Wildman–Crippen MR) is 112 cm³/mol. The number of ether oxygens (including phenoxy) is 3. The van der Waals surface area contributed by atoms with E-state index in [1.807, 2.05) is 12.1 Å². The fourth-order valence-electron chi connectivity index (χ4n) is 5.28. The Morgan fingerprint density at radius 3 is 2.83 bits per heavy atom. The lowest BCUT2D eigenvalue weighted by Gasteiger charge is -2.46. The summed E-state index contributed by atoms with van der Waals surface area (Å²) in [6.07, 6.45) is 4.46. The van der Waals surface area contributed by atoms with E-state index >= 15 is 0 Å². The van der Waals surface area contributed by atoms with Gasteiger partial charge in [-0.3, -0.25) is 4.90 Å². The van der Waals surface area contributed by atoms with Crippen molar-refractivity contribution in [2.24, 2.45) is 11.8 Å². The SMILES string of the molecule is CC[C@@H]1CN2CCc3c([nH]c4cccc(OC)c34)[C@H]2C[C@H]1C(=COC)C(=O)OC. The van der Waals surface area contributed by atoms with E-state index < -0.39 is 0 Å². The highest BCUT2D eigenvalue weighted by Gasteiger charge is 2.42. The number of piperidine rings is 1. The molecule has 6 nitrogen and oxygen atoms in total. The molecule has 2 aromatic rings. The number of benzene rings is 1. The molecule has 2 aliphatic rings. The Balaban J connectivity index is 1.76. The molecule has 29 heavy (non-hydrogen) atoms. The average molecular weight is 399 g/mol. The lowest BCUT2D eigenvalue weighted by molar-refractivity contribution is -0.137. The normalized spacial score (nSPS) is 24.7. The highest BCUT2D eigenvalue weighted by molar-refractivity contribution is 5.91. The number of methoxy groups -OCH3 is 3. The van der Waals surface area contributed by atoms with Crippen molar-refractivity contribution in [2.45, 2.75) is 32.2 Å². The van der Waals surface area contributed by atoms with E-state index in [1.54, 1.807) is 20.5 Å². The Kier molecular flexibility index (Phi) is 5.54. The molecule has 4 rings (SSSR count). The van der Waals surface area contributed by atoms with Crippen molar-refractivity contribution in [1.82, 2.24) is 9.88 Å². The fourth-order valence-corrected chi connectivity index (χ4v) is 5.28. The highest BCUT2D eigenvalue weighted by Crippen LogP contribution is 2.47. The van der Waals surface area contributed by atoms with Gasteiger partial charge in [0, 0.05) is 29.7 Å². The molecule has 1 fully saturated rings. The van der Waals surface area contributed by atoms with Gasteiger partial charge in [0.15, 0.2) is 0 Å². The van der Waals surface area contributed by atoms with Gasteiger partial charge in [-0.25, -0.2) is 4.79 Å². The molecule has 1 aromatic heterocycles. The van der Waals surface area contributed by atoms with Gasteiger partial charge in [-0.15, -0.1) is 0 Å². The number of aromatic nitrogens is 1. The van der Waals surface area contributed by atoms with Crippen LogP contribution in [0.5, 0.6) is 5.75 Å². The zero-order chi connectivity index (χ0) is 20.5. The van der Waals surface area contributed by atoms with E-state index in [4.69, 9.17) is 14.2 Å². The number of carbonyl (C=O) groups is 1. The summed E-state index contributed by atoms with van der Waals surface area (Å²) in [5.41, 5.74) is 4.37. The topological polar surface area (TPSA) is 63.8 Å². The summed E-state index contributed by atoms with van der Waals surface area (Å²) in [5.74, 6) is 1.12. The lowest BCUT2D eigenvalue weighted by Crippen LogP contribution is -2.47. The van der Waals surface area contributed by atoms with Crippen molar-refractivity contribution in [3.8, 4) is 5.75 Å². The molecule has 0 spiro atoms. The van der Waals surface area contributed by atoms with Crippen molar-refractivity contribution in [1.29, 1.82) is 0 Å². The van der Waals surface area contributed by atoms with Crippen LogP contribution >= 0.6 is 0 Å². The first-order chi connectivity index (χ1) is 14.1. The summed E-state index contributed by atoms with van der Waals surface area (Å²) in [7, 11) is 4.75. The molecular weight excluding hydrogens is 368 g/mol. The van der Waals surface area contributed by atoms with E-state index in [-0.39, 0.29) is 17.9 Å². The van der Waals surface area contributed by atoms with Gasteiger partial charge in [0.25, 0.3) is 0 Å². The molecular formula is C23H30N2O4. The second-order valence-electron chi connectivity index (χ2n) is 7.97. The molecule has 1 saturated heterocycles. The Hall–Kier alpha value is -2.47. The van der Waals surface area contributed by atoms with Gasteiger partial charge in [0.2, 0.25) is 0 Å². The minimum Gasteiger partial charge on any atom is -0.504 e. The monoisotopic (exact) mass is 398 g/mol. The molecule has 2 aliphatic heterocycles. The number of nitrogens with one attached hydrogen (secondary N) is 1. The Morgan fingerprint density at radius 2 is 2.14 bits per heavy atom. The second-order valence-corrected chi connectivity index (χ2v) is 7.97. The van der Waals surface area contributed by atoms with Gasteiger partial charge in [0.1, 0.15) is 5.75 Å². The molecule has 3 heterocycles. The van der Waals surface area contributed by atoms with Crippen LogP contribution in [0.1, 0.15) is 37.1 Å². The second kappa shape index (κ2) is 8.11. The van der Waals surface area contributed by atoms with Crippen molar-refractivity contribution in [2.75, 3.05) is 34.4 Å². The van der Waals surface area contributed by atoms with Crippen LogP contribution in [-0.2, 0) is 20.7 Å². The van der Waals surface area contributed by atoms with Crippen LogP contribution in [0, 0.1) is 11.8 Å². The zero-order valence-electron chi connectivity index (χ0n) is 17.7. The van der Waals surface area contributed by atoms with Gasteiger partial charge in [-0.2, -0.15) is 0 Å². The number of carbonyl (C=O) groups excluding carboxylic acids is 1. The van der Waals surface area contributed by atoms with Gasteiger partial charge in [0.05, 0.1) is 39.2 Å². The maximum Gasteiger partial charge on any atom is 0.337 e. The third-order valence-corrected chi connectivity index (χ3v) is 6.67. The number of fused-ring (bicyclic) bond motifs is 5. The Morgan fingerprint density at radius 1 is 1.31 bits per heavy atom. The third kappa shape index (κ3) is 3.29. The van der Waals surface area contributed by atoms with E-state index in [2.05, 4.69) is 22.9 Å². The van der Waals surface area contributed by atoms with Crippen molar-refractivity contribution in [3.05, 3.63) is 41.3 Å². The zero-order valence-corrected chi connectivity index (χ0v) is 17.7. The van der Waals surface area contributed by atoms with E-state index in [1.165, 1.54) is 23.8 Å². The quantitative estimate of drug-likeness (QED) is 0.471. The summed E-state index contributed by atoms with van der Waals surface area (Å²) in [5, 5.41) is 1.19. The average Bonchev–Trinajstić information content (AvgIpc) is 3.15. The minimum atomic E-state index is -0.293. The molecule has 156 valence electrons. The smallest absolute Gasteiger partial charge is 0.337 e. The maximum absolute atomic E-state index is 12.5. The van der Waals surface area contributed by atoms with Gasteiger partial charge >= 0.3 is 5.97 Å². The standard InChI is InChI=1S/C23H30N2O4/c1-5-14-12-25-10-9-15-21-18(7-6-8-20(21)28-3)24-22(15)19(25)11-16(14)17(13-27-2)23(26)29-4/h6-8,13-14,16,19,24H,5,9-12H2,1-4H3/t14-,16-,19-/m1/s1. The first-order valence-corrected chi connectivity index (χ1v) is 10.4. The van der Waals surface area contributed by atoms with E-state index in [9.17, 15) is 4.79 Å². The summed E-state index contributed by atoms with van der Waals surface area (Å²) >= 11 is 0. The largest absolute Gasteiger partial charge is 0.504 e. The molecule has 0 saturated carbocycles. The number of esters is 1. The summed E-state index contributed by atoms with van der Waals surface area (Å²) < 4.78 is 16.0. The van der Waals surface area contributed by atoms with Gasteiger partial charge in [-0.1, -0.05) is 19.4 Å². The molecule has 0 amide bonds. The van der Waals surface area contributed by atoms with Crippen LogP contribution < -0.4 is 4.74 Å². The number of rotatable bonds is 5.